The van der Waals surface area contributed by atoms with Crippen molar-refractivity contribution in [1.29, 1.82) is 0 Å². The number of hydrogen-bond donors (Lipinski definition) is 1. The van der Waals surface area contributed by atoms with Crippen molar-refractivity contribution < 1.29 is 0 Å². The smallest absolute Gasteiger partial charge is 0.202 e. The summed E-state index contributed by atoms with van der Waals surface area (Å²) in [6, 6.07) is 0.634. The molecule has 18 heavy (non-hydrogen) atoms. The molecule has 0 aliphatic heterocycles. The normalized spacial score (nSPS) is 19.1. The third kappa shape index (κ3) is 3.50. The molecule has 102 valence electrons. The number of aromatic nitrogens is 2. The Kier molecular flexibility index (Phi) is 4.67. The Balaban J connectivity index is 1.94. The first-order valence-electron chi connectivity index (χ1n) is 7.44. The molecule has 1 unspecified atom stereocenters. The van der Waals surface area contributed by atoms with Crippen molar-refractivity contribution in [3.05, 3.63) is 12.4 Å². The summed E-state index contributed by atoms with van der Waals surface area (Å²) in [7, 11) is 0. The molecule has 1 saturated carbocycles. The first kappa shape index (κ1) is 13.4. The van der Waals surface area contributed by atoms with Crippen LogP contribution in [0, 0.1) is 11.8 Å². The van der Waals surface area contributed by atoms with Gasteiger partial charge in [0.15, 0.2) is 0 Å². The molecular formula is C15H27N3. The third-order valence-electron chi connectivity index (χ3n) is 4.28. The molecule has 0 bridgehead atoms. The van der Waals surface area contributed by atoms with Crippen LogP contribution in [-0.4, -0.2) is 15.6 Å². The summed E-state index contributed by atoms with van der Waals surface area (Å²) in [6.45, 7) is 7.95. The standard InChI is InChI=1S/C15H27N3/c1-12(2)13(3)11-18-10-9-16-15(18)17-14-7-5-4-6-8-14/h9-10,12-14H,4-8,11H2,1-3H3,(H,16,17). The van der Waals surface area contributed by atoms with Crippen molar-refractivity contribution in [2.45, 2.75) is 65.5 Å². The zero-order chi connectivity index (χ0) is 13.0. The molecule has 1 aliphatic carbocycles. The third-order valence-corrected chi connectivity index (χ3v) is 4.28. The molecule has 1 N–H and O–H groups in total. The fourth-order valence-electron chi connectivity index (χ4n) is 2.55. The number of imidazole rings is 1. The summed E-state index contributed by atoms with van der Waals surface area (Å²) in [5, 5.41) is 3.63. The quantitative estimate of drug-likeness (QED) is 0.857. The van der Waals surface area contributed by atoms with Crippen molar-refractivity contribution >= 4 is 5.95 Å². The van der Waals surface area contributed by atoms with Crippen molar-refractivity contribution in [3.63, 3.8) is 0 Å². The highest BCUT2D eigenvalue weighted by molar-refractivity contribution is 5.27. The van der Waals surface area contributed by atoms with Crippen LogP contribution in [0.15, 0.2) is 12.4 Å². The van der Waals surface area contributed by atoms with E-state index in [4.69, 9.17) is 0 Å². The maximum Gasteiger partial charge on any atom is 0.202 e. The largest absolute Gasteiger partial charge is 0.353 e. The van der Waals surface area contributed by atoms with Gasteiger partial charge in [0.2, 0.25) is 5.95 Å². The number of hydrogen-bond acceptors (Lipinski definition) is 2. The van der Waals surface area contributed by atoms with E-state index in [-0.39, 0.29) is 0 Å². The number of nitrogens with zero attached hydrogens (tertiary/aromatic N) is 2. The van der Waals surface area contributed by atoms with E-state index < -0.39 is 0 Å². The van der Waals surface area contributed by atoms with Crippen molar-refractivity contribution in [1.82, 2.24) is 9.55 Å². The highest BCUT2D eigenvalue weighted by Crippen LogP contribution is 2.22. The Morgan fingerprint density at radius 3 is 2.67 bits per heavy atom. The molecule has 1 aromatic heterocycles. The molecule has 1 fully saturated rings. The van der Waals surface area contributed by atoms with E-state index in [9.17, 15) is 0 Å². The summed E-state index contributed by atoms with van der Waals surface area (Å²) in [4.78, 5) is 4.47. The zero-order valence-corrected chi connectivity index (χ0v) is 12.0. The molecule has 0 spiro atoms. The molecular weight excluding hydrogens is 222 g/mol. The first-order valence-corrected chi connectivity index (χ1v) is 7.44. The Bertz CT molecular complexity index is 350. The van der Waals surface area contributed by atoms with Crippen molar-refractivity contribution in [2.75, 3.05) is 5.32 Å². The lowest BCUT2D eigenvalue weighted by molar-refractivity contribution is 0.365. The van der Waals surface area contributed by atoms with E-state index in [1.807, 2.05) is 6.20 Å². The maximum absolute atomic E-state index is 4.47. The second-order valence-electron chi connectivity index (χ2n) is 6.10. The summed E-state index contributed by atoms with van der Waals surface area (Å²) < 4.78 is 2.28. The Morgan fingerprint density at radius 1 is 1.28 bits per heavy atom. The minimum atomic E-state index is 0.634. The van der Waals surface area contributed by atoms with Crippen LogP contribution < -0.4 is 5.32 Å². The predicted molar refractivity (Wildman–Crippen MR) is 76.7 cm³/mol. The van der Waals surface area contributed by atoms with Crippen molar-refractivity contribution in [2.24, 2.45) is 11.8 Å². The summed E-state index contributed by atoms with van der Waals surface area (Å²) in [5.74, 6) is 2.47. The molecule has 3 nitrogen and oxygen atoms in total. The van der Waals surface area contributed by atoms with E-state index >= 15 is 0 Å². The molecule has 0 radical (unpaired) electrons. The van der Waals surface area contributed by atoms with Crippen LogP contribution in [0.1, 0.15) is 52.9 Å². The van der Waals surface area contributed by atoms with Crippen LogP contribution in [0.25, 0.3) is 0 Å². The predicted octanol–water partition coefficient (Wildman–Crippen LogP) is 3.92. The minimum Gasteiger partial charge on any atom is -0.353 e. The van der Waals surface area contributed by atoms with Crippen LogP contribution >= 0.6 is 0 Å². The van der Waals surface area contributed by atoms with Gasteiger partial charge in [-0.15, -0.1) is 0 Å². The Hall–Kier alpha value is -0.990. The summed E-state index contributed by atoms with van der Waals surface area (Å²) in [5.41, 5.74) is 0. The second-order valence-corrected chi connectivity index (χ2v) is 6.10. The molecule has 1 aromatic rings. The van der Waals surface area contributed by atoms with E-state index in [1.165, 1.54) is 32.1 Å². The molecule has 1 atom stereocenters. The molecule has 0 saturated heterocycles. The van der Waals surface area contributed by atoms with Crippen LogP contribution in [0.3, 0.4) is 0 Å². The molecule has 0 aromatic carbocycles. The highest BCUT2D eigenvalue weighted by atomic mass is 15.2. The lowest BCUT2D eigenvalue weighted by Gasteiger charge is -2.24. The molecule has 1 aliphatic rings. The first-order chi connectivity index (χ1) is 8.66. The average Bonchev–Trinajstić information content (AvgIpc) is 2.78. The Morgan fingerprint density at radius 2 is 2.00 bits per heavy atom. The topological polar surface area (TPSA) is 29.9 Å². The van der Waals surface area contributed by atoms with Gasteiger partial charge in [-0.05, 0) is 24.7 Å². The second kappa shape index (κ2) is 6.26. The Labute approximate surface area is 111 Å². The van der Waals surface area contributed by atoms with Gasteiger partial charge in [-0.3, -0.25) is 0 Å². The lowest BCUT2D eigenvalue weighted by Crippen LogP contribution is -2.25. The van der Waals surface area contributed by atoms with Gasteiger partial charge in [0.1, 0.15) is 0 Å². The van der Waals surface area contributed by atoms with E-state index in [0.29, 0.717) is 12.0 Å². The van der Waals surface area contributed by atoms with Gasteiger partial charge in [0.05, 0.1) is 0 Å². The molecule has 0 amide bonds. The number of anilines is 1. The zero-order valence-electron chi connectivity index (χ0n) is 12.0. The van der Waals surface area contributed by atoms with Gasteiger partial charge in [0, 0.05) is 25.0 Å². The van der Waals surface area contributed by atoms with E-state index in [1.54, 1.807) is 0 Å². The van der Waals surface area contributed by atoms with Crippen LogP contribution in [0.4, 0.5) is 5.95 Å². The van der Waals surface area contributed by atoms with Gasteiger partial charge in [0.25, 0.3) is 0 Å². The highest BCUT2D eigenvalue weighted by Gasteiger charge is 2.16. The van der Waals surface area contributed by atoms with Gasteiger partial charge in [-0.25, -0.2) is 4.98 Å². The van der Waals surface area contributed by atoms with Gasteiger partial charge in [-0.1, -0.05) is 40.0 Å². The van der Waals surface area contributed by atoms with E-state index in [2.05, 4.69) is 41.8 Å². The maximum atomic E-state index is 4.47. The van der Waals surface area contributed by atoms with E-state index in [0.717, 1.165) is 18.4 Å². The fourth-order valence-corrected chi connectivity index (χ4v) is 2.55. The lowest BCUT2D eigenvalue weighted by atomic mass is 9.96. The monoisotopic (exact) mass is 249 g/mol. The number of nitrogens with one attached hydrogen (secondary N) is 1. The van der Waals surface area contributed by atoms with Crippen LogP contribution in [0.5, 0.6) is 0 Å². The summed E-state index contributed by atoms with van der Waals surface area (Å²) in [6.07, 6.45) is 10.7. The fraction of sp³-hybridized carbons (Fsp3) is 0.800. The molecule has 2 rings (SSSR count). The average molecular weight is 249 g/mol. The van der Waals surface area contributed by atoms with Crippen LogP contribution in [0.2, 0.25) is 0 Å². The van der Waals surface area contributed by atoms with Gasteiger partial charge in [-0.2, -0.15) is 0 Å². The van der Waals surface area contributed by atoms with Crippen LogP contribution in [-0.2, 0) is 6.54 Å². The SMILES string of the molecule is CC(C)C(C)Cn1ccnc1NC1CCCCC1. The molecule has 1 heterocycles. The van der Waals surface area contributed by atoms with Crippen molar-refractivity contribution in [3.8, 4) is 0 Å². The summed E-state index contributed by atoms with van der Waals surface area (Å²) >= 11 is 0. The minimum absolute atomic E-state index is 0.634. The molecule has 3 heteroatoms. The van der Waals surface area contributed by atoms with Gasteiger partial charge < -0.3 is 9.88 Å². The van der Waals surface area contributed by atoms with Gasteiger partial charge >= 0.3 is 0 Å². The number of rotatable bonds is 5.